The zero-order valence-electron chi connectivity index (χ0n) is 15.5. The number of hydrogen-bond acceptors (Lipinski definition) is 4. The number of likely N-dealkylation sites (tertiary alicyclic amines) is 1. The Morgan fingerprint density at radius 3 is 2.64 bits per heavy atom. The molecule has 1 aromatic heterocycles. The van der Waals surface area contributed by atoms with Crippen molar-refractivity contribution >= 4 is 17.5 Å². The molecule has 7 nitrogen and oxygen atoms in total. The van der Waals surface area contributed by atoms with Crippen molar-refractivity contribution in [3.05, 3.63) is 11.4 Å². The summed E-state index contributed by atoms with van der Waals surface area (Å²) in [5.74, 6) is 0.803. The van der Waals surface area contributed by atoms with E-state index in [2.05, 4.69) is 20.6 Å². The van der Waals surface area contributed by atoms with Gasteiger partial charge in [0, 0.05) is 20.1 Å². The normalized spacial score (nSPS) is 21.2. The molecule has 2 fully saturated rings. The number of aromatic nitrogens is 2. The molecule has 0 radical (unpaired) electrons. The Balaban J connectivity index is 1.49. The number of amides is 2. The molecule has 0 spiro atoms. The molecule has 0 bridgehead atoms. The first-order valence-electron chi connectivity index (χ1n) is 9.24. The highest BCUT2D eigenvalue weighted by molar-refractivity contribution is 5.93. The summed E-state index contributed by atoms with van der Waals surface area (Å²) in [7, 11) is 1.87. The van der Waals surface area contributed by atoms with Crippen molar-refractivity contribution in [3.8, 4) is 0 Å². The predicted molar refractivity (Wildman–Crippen MR) is 96.2 cm³/mol. The van der Waals surface area contributed by atoms with E-state index in [0.29, 0.717) is 19.0 Å². The molecule has 1 aliphatic carbocycles. The van der Waals surface area contributed by atoms with Gasteiger partial charge >= 0.3 is 0 Å². The number of anilines is 1. The number of rotatable bonds is 6. The van der Waals surface area contributed by atoms with Crippen molar-refractivity contribution in [3.63, 3.8) is 0 Å². The molecule has 1 atom stereocenters. The fourth-order valence-electron chi connectivity index (χ4n) is 3.46. The van der Waals surface area contributed by atoms with Crippen molar-refractivity contribution in [2.24, 2.45) is 18.9 Å². The Morgan fingerprint density at radius 1 is 1.24 bits per heavy atom. The SMILES string of the molecule is Cc1nn(C)c(C)c1NC(=O)CN1CCCC(C(=O)NCC2CC2)C1. The summed E-state index contributed by atoms with van der Waals surface area (Å²) in [6.07, 6.45) is 4.35. The van der Waals surface area contributed by atoms with Gasteiger partial charge in [0.25, 0.3) is 0 Å². The molecule has 138 valence electrons. The average Bonchev–Trinajstić information content (AvgIpc) is 3.37. The molecule has 2 aliphatic rings. The van der Waals surface area contributed by atoms with Crippen LogP contribution in [0.1, 0.15) is 37.1 Å². The first kappa shape index (κ1) is 17.9. The standard InChI is InChI=1S/C18H29N5O2/c1-12-17(13(2)22(3)21-12)20-16(24)11-23-8-4-5-15(10-23)18(25)19-9-14-6-7-14/h14-15H,4-11H2,1-3H3,(H,19,25)(H,20,24). The molecule has 25 heavy (non-hydrogen) atoms. The van der Waals surface area contributed by atoms with E-state index in [4.69, 9.17) is 0 Å². The molecule has 2 amide bonds. The minimum absolute atomic E-state index is 0.00200. The summed E-state index contributed by atoms with van der Waals surface area (Å²) in [5, 5.41) is 10.4. The molecule has 3 rings (SSSR count). The second kappa shape index (κ2) is 7.56. The molecule has 0 aromatic carbocycles. The van der Waals surface area contributed by atoms with E-state index in [1.165, 1.54) is 12.8 Å². The first-order valence-corrected chi connectivity index (χ1v) is 9.24. The van der Waals surface area contributed by atoms with Crippen molar-refractivity contribution in [1.29, 1.82) is 0 Å². The second-order valence-electron chi connectivity index (χ2n) is 7.48. The van der Waals surface area contributed by atoms with Crippen molar-refractivity contribution < 1.29 is 9.59 Å². The van der Waals surface area contributed by atoms with Crippen LogP contribution < -0.4 is 10.6 Å². The van der Waals surface area contributed by atoms with Crippen LogP contribution in [0, 0.1) is 25.7 Å². The summed E-state index contributed by atoms with van der Waals surface area (Å²) in [5.41, 5.74) is 2.56. The van der Waals surface area contributed by atoms with Gasteiger partial charge in [-0.2, -0.15) is 5.10 Å². The van der Waals surface area contributed by atoms with E-state index in [0.717, 1.165) is 43.0 Å². The van der Waals surface area contributed by atoms with Crippen LogP contribution in [0.5, 0.6) is 0 Å². The highest BCUT2D eigenvalue weighted by atomic mass is 16.2. The summed E-state index contributed by atoms with van der Waals surface area (Å²) in [4.78, 5) is 26.8. The van der Waals surface area contributed by atoms with Gasteiger partial charge in [-0.3, -0.25) is 19.2 Å². The Bertz CT molecular complexity index is 650. The lowest BCUT2D eigenvalue weighted by Crippen LogP contribution is -2.45. The second-order valence-corrected chi connectivity index (χ2v) is 7.48. The minimum atomic E-state index is -0.0433. The molecule has 1 unspecified atom stereocenters. The van der Waals surface area contributed by atoms with E-state index in [1.54, 1.807) is 4.68 Å². The van der Waals surface area contributed by atoms with E-state index in [9.17, 15) is 9.59 Å². The maximum Gasteiger partial charge on any atom is 0.238 e. The van der Waals surface area contributed by atoms with Crippen LogP contribution in [0.15, 0.2) is 0 Å². The van der Waals surface area contributed by atoms with Crippen LogP contribution in [0.2, 0.25) is 0 Å². The fourth-order valence-corrected chi connectivity index (χ4v) is 3.46. The Hall–Kier alpha value is -1.89. The van der Waals surface area contributed by atoms with Crippen LogP contribution in [0.4, 0.5) is 5.69 Å². The maximum absolute atomic E-state index is 12.4. The van der Waals surface area contributed by atoms with E-state index >= 15 is 0 Å². The lowest BCUT2D eigenvalue weighted by atomic mass is 9.97. The third-order valence-electron chi connectivity index (χ3n) is 5.28. The van der Waals surface area contributed by atoms with Gasteiger partial charge in [-0.1, -0.05) is 0 Å². The molecule has 2 heterocycles. The number of piperidine rings is 1. The van der Waals surface area contributed by atoms with Crippen LogP contribution >= 0.6 is 0 Å². The summed E-state index contributed by atoms with van der Waals surface area (Å²) >= 11 is 0. The van der Waals surface area contributed by atoms with Gasteiger partial charge in [0.1, 0.15) is 0 Å². The van der Waals surface area contributed by atoms with E-state index in [1.807, 2.05) is 20.9 Å². The van der Waals surface area contributed by atoms with Gasteiger partial charge in [0.15, 0.2) is 0 Å². The van der Waals surface area contributed by atoms with Crippen LogP contribution in [0.3, 0.4) is 0 Å². The summed E-state index contributed by atoms with van der Waals surface area (Å²) < 4.78 is 1.77. The molecule has 1 aliphatic heterocycles. The van der Waals surface area contributed by atoms with E-state index < -0.39 is 0 Å². The lowest BCUT2D eigenvalue weighted by molar-refractivity contribution is -0.128. The monoisotopic (exact) mass is 347 g/mol. The van der Waals surface area contributed by atoms with Gasteiger partial charge in [0.2, 0.25) is 11.8 Å². The Kier molecular flexibility index (Phi) is 5.42. The van der Waals surface area contributed by atoms with Gasteiger partial charge in [-0.25, -0.2) is 0 Å². The average molecular weight is 347 g/mol. The molecule has 2 N–H and O–H groups in total. The zero-order chi connectivity index (χ0) is 18.0. The molecule has 1 aromatic rings. The topological polar surface area (TPSA) is 79.3 Å². The van der Waals surface area contributed by atoms with Gasteiger partial charge in [0.05, 0.1) is 29.5 Å². The van der Waals surface area contributed by atoms with Crippen LogP contribution in [-0.2, 0) is 16.6 Å². The number of nitrogens with zero attached hydrogens (tertiary/aromatic N) is 3. The number of carbonyl (C=O) groups is 2. The largest absolute Gasteiger partial charge is 0.356 e. The number of hydrogen-bond donors (Lipinski definition) is 2. The quantitative estimate of drug-likeness (QED) is 0.811. The number of aryl methyl sites for hydroxylation is 2. The zero-order valence-corrected chi connectivity index (χ0v) is 15.5. The van der Waals surface area contributed by atoms with Crippen LogP contribution in [0.25, 0.3) is 0 Å². The number of carbonyl (C=O) groups excluding carboxylic acids is 2. The van der Waals surface area contributed by atoms with E-state index in [-0.39, 0.29) is 17.7 Å². The highest BCUT2D eigenvalue weighted by Crippen LogP contribution is 2.28. The third kappa shape index (κ3) is 4.60. The maximum atomic E-state index is 12.4. The molecule has 7 heteroatoms. The van der Waals surface area contributed by atoms with Gasteiger partial charge in [-0.05, 0) is 52.0 Å². The molecule has 1 saturated heterocycles. The van der Waals surface area contributed by atoms with Gasteiger partial charge < -0.3 is 10.6 Å². The smallest absolute Gasteiger partial charge is 0.238 e. The fraction of sp³-hybridized carbons (Fsp3) is 0.722. The number of nitrogens with one attached hydrogen (secondary N) is 2. The summed E-state index contributed by atoms with van der Waals surface area (Å²) in [6, 6.07) is 0. The first-order chi connectivity index (χ1) is 11.9. The van der Waals surface area contributed by atoms with Gasteiger partial charge in [-0.15, -0.1) is 0 Å². The Labute approximate surface area is 149 Å². The van der Waals surface area contributed by atoms with Crippen molar-refractivity contribution in [1.82, 2.24) is 20.0 Å². The Morgan fingerprint density at radius 2 is 2.00 bits per heavy atom. The molecular weight excluding hydrogens is 318 g/mol. The van der Waals surface area contributed by atoms with Crippen molar-refractivity contribution in [2.75, 3.05) is 31.5 Å². The minimum Gasteiger partial charge on any atom is -0.356 e. The molecule has 1 saturated carbocycles. The third-order valence-corrected chi connectivity index (χ3v) is 5.28. The predicted octanol–water partition coefficient (Wildman–Crippen LogP) is 1.21. The van der Waals surface area contributed by atoms with Crippen LogP contribution in [-0.4, -0.2) is 52.7 Å². The summed E-state index contributed by atoms with van der Waals surface area (Å²) in [6.45, 7) is 6.50. The lowest BCUT2D eigenvalue weighted by Gasteiger charge is -2.31. The van der Waals surface area contributed by atoms with Crippen molar-refractivity contribution in [2.45, 2.75) is 39.5 Å². The highest BCUT2D eigenvalue weighted by Gasteiger charge is 2.28. The molecular formula is C18H29N5O2.